The van der Waals surface area contributed by atoms with Crippen molar-refractivity contribution in [1.29, 1.82) is 0 Å². The van der Waals surface area contributed by atoms with Crippen molar-refractivity contribution in [2.24, 2.45) is 17.8 Å². The molecule has 1 aromatic carbocycles. The quantitative estimate of drug-likeness (QED) is 0.807. The van der Waals surface area contributed by atoms with E-state index in [0.717, 1.165) is 24.6 Å². The molecular weight excluding hydrogens is 234 g/mol. The molecule has 2 bridgehead atoms. The number of hydrogen-bond acceptors (Lipinski definition) is 1. The van der Waals surface area contributed by atoms with Crippen molar-refractivity contribution in [2.45, 2.75) is 39.5 Å². The lowest BCUT2D eigenvalue weighted by atomic mass is 9.87. The Morgan fingerprint density at radius 3 is 2.74 bits per heavy atom. The number of carbonyl (C=O) groups is 1. The largest absolute Gasteiger partial charge is 0.312 e. The number of benzene rings is 1. The Morgan fingerprint density at radius 1 is 1.32 bits per heavy atom. The Bertz CT molecular complexity index is 482. The van der Waals surface area contributed by atoms with Crippen LogP contribution in [0.5, 0.6) is 0 Å². The lowest BCUT2D eigenvalue weighted by Gasteiger charge is -2.29. The van der Waals surface area contributed by atoms with Crippen LogP contribution in [0, 0.1) is 24.7 Å². The zero-order valence-corrected chi connectivity index (χ0v) is 11.9. The highest BCUT2D eigenvalue weighted by molar-refractivity contribution is 5.95. The van der Waals surface area contributed by atoms with E-state index in [1.807, 2.05) is 11.0 Å². The van der Waals surface area contributed by atoms with Crippen LogP contribution in [0.25, 0.3) is 0 Å². The molecule has 3 unspecified atom stereocenters. The number of hydrogen-bond donors (Lipinski definition) is 0. The van der Waals surface area contributed by atoms with Crippen LogP contribution in [-0.2, 0) is 4.79 Å². The van der Waals surface area contributed by atoms with Gasteiger partial charge in [-0.2, -0.15) is 0 Å². The van der Waals surface area contributed by atoms with Crippen LogP contribution in [0.1, 0.15) is 38.2 Å². The van der Waals surface area contributed by atoms with Gasteiger partial charge in [-0.3, -0.25) is 4.79 Å². The molecule has 2 aliphatic rings. The van der Waals surface area contributed by atoms with Gasteiger partial charge in [0, 0.05) is 18.2 Å². The number of anilines is 1. The highest BCUT2D eigenvalue weighted by Crippen LogP contribution is 2.49. The normalized spacial score (nSPS) is 28.6. The van der Waals surface area contributed by atoms with E-state index in [-0.39, 0.29) is 0 Å². The van der Waals surface area contributed by atoms with Gasteiger partial charge < -0.3 is 4.90 Å². The zero-order valence-electron chi connectivity index (χ0n) is 11.9. The van der Waals surface area contributed by atoms with Crippen LogP contribution in [-0.4, -0.2) is 12.5 Å². The van der Waals surface area contributed by atoms with E-state index in [4.69, 9.17) is 0 Å². The molecule has 1 aromatic rings. The molecule has 2 saturated carbocycles. The maximum absolute atomic E-state index is 12.8. The van der Waals surface area contributed by atoms with E-state index in [0.29, 0.717) is 17.7 Å². The molecule has 2 aliphatic carbocycles. The van der Waals surface area contributed by atoms with Crippen LogP contribution in [0.2, 0.25) is 0 Å². The van der Waals surface area contributed by atoms with Crippen molar-refractivity contribution in [1.82, 2.24) is 0 Å². The summed E-state index contributed by atoms with van der Waals surface area (Å²) in [7, 11) is 0. The fourth-order valence-electron chi connectivity index (χ4n) is 4.01. The fraction of sp³-hybridized carbons (Fsp3) is 0.588. The van der Waals surface area contributed by atoms with Gasteiger partial charge in [-0.1, -0.05) is 18.6 Å². The summed E-state index contributed by atoms with van der Waals surface area (Å²) < 4.78 is 0. The first kappa shape index (κ1) is 12.7. The van der Waals surface area contributed by atoms with E-state index < -0.39 is 0 Å². The molecule has 0 radical (unpaired) electrons. The maximum atomic E-state index is 12.8. The second-order valence-corrected chi connectivity index (χ2v) is 6.20. The van der Waals surface area contributed by atoms with Crippen LogP contribution < -0.4 is 4.90 Å². The van der Waals surface area contributed by atoms with Crippen molar-refractivity contribution in [3.8, 4) is 0 Å². The van der Waals surface area contributed by atoms with Gasteiger partial charge in [0.05, 0.1) is 0 Å². The SMILES string of the molecule is CCN(C(=O)C1CC2CCC1C2)c1cccc(C)c1. The number of rotatable bonds is 3. The molecular formula is C17H23NO. The molecule has 2 nitrogen and oxygen atoms in total. The lowest BCUT2D eigenvalue weighted by Crippen LogP contribution is -2.38. The number of nitrogens with zero attached hydrogens (tertiary/aromatic N) is 1. The summed E-state index contributed by atoms with van der Waals surface area (Å²) >= 11 is 0. The topological polar surface area (TPSA) is 20.3 Å². The second-order valence-electron chi connectivity index (χ2n) is 6.20. The zero-order chi connectivity index (χ0) is 13.4. The van der Waals surface area contributed by atoms with Crippen LogP contribution in [0.15, 0.2) is 24.3 Å². The third kappa shape index (κ3) is 2.29. The Morgan fingerprint density at radius 2 is 2.16 bits per heavy atom. The molecule has 1 amide bonds. The average Bonchev–Trinajstić information content (AvgIpc) is 3.02. The summed E-state index contributed by atoms with van der Waals surface area (Å²) in [4.78, 5) is 14.8. The standard InChI is InChI=1S/C17H23NO/c1-3-18(15-6-4-5-12(2)9-15)17(19)16-11-13-7-8-14(16)10-13/h4-6,9,13-14,16H,3,7-8,10-11H2,1-2H3. The Labute approximate surface area is 115 Å². The minimum atomic E-state index is 0.291. The molecule has 0 N–H and O–H groups in total. The molecule has 19 heavy (non-hydrogen) atoms. The molecule has 0 saturated heterocycles. The molecule has 0 spiro atoms. The average molecular weight is 257 g/mol. The number of amides is 1. The molecule has 2 heteroatoms. The second kappa shape index (κ2) is 4.99. The van der Waals surface area contributed by atoms with Gasteiger partial charge in [0.15, 0.2) is 0 Å². The summed E-state index contributed by atoms with van der Waals surface area (Å²) in [6.07, 6.45) is 5.05. The van der Waals surface area contributed by atoms with Crippen LogP contribution in [0.3, 0.4) is 0 Å². The minimum Gasteiger partial charge on any atom is -0.312 e. The van der Waals surface area contributed by atoms with E-state index in [2.05, 4.69) is 32.0 Å². The molecule has 3 atom stereocenters. The summed E-state index contributed by atoms with van der Waals surface area (Å²) in [5.41, 5.74) is 2.28. The molecule has 0 heterocycles. The third-order valence-electron chi connectivity index (χ3n) is 4.95. The van der Waals surface area contributed by atoms with Gasteiger partial charge in [0.25, 0.3) is 0 Å². The Balaban J connectivity index is 1.80. The predicted octanol–water partition coefficient (Wildman–Crippen LogP) is 3.78. The van der Waals surface area contributed by atoms with Crippen molar-refractivity contribution in [3.63, 3.8) is 0 Å². The molecule has 102 valence electrons. The molecule has 0 aromatic heterocycles. The molecule has 2 fully saturated rings. The van der Waals surface area contributed by atoms with Gasteiger partial charge in [-0.15, -0.1) is 0 Å². The molecule has 0 aliphatic heterocycles. The monoisotopic (exact) mass is 257 g/mol. The van der Waals surface area contributed by atoms with Gasteiger partial charge >= 0.3 is 0 Å². The minimum absolute atomic E-state index is 0.291. The van der Waals surface area contributed by atoms with Gasteiger partial charge in [0.1, 0.15) is 0 Å². The summed E-state index contributed by atoms with van der Waals surface area (Å²) in [6, 6.07) is 8.30. The van der Waals surface area contributed by atoms with Crippen molar-refractivity contribution >= 4 is 11.6 Å². The van der Waals surface area contributed by atoms with Crippen LogP contribution >= 0.6 is 0 Å². The Hall–Kier alpha value is -1.31. The summed E-state index contributed by atoms with van der Waals surface area (Å²) in [6.45, 7) is 4.93. The van der Waals surface area contributed by atoms with Gasteiger partial charge in [-0.05, 0) is 62.6 Å². The van der Waals surface area contributed by atoms with Crippen molar-refractivity contribution in [2.75, 3.05) is 11.4 Å². The number of fused-ring (bicyclic) bond motifs is 2. The fourth-order valence-corrected chi connectivity index (χ4v) is 4.01. The first-order chi connectivity index (χ1) is 9.19. The smallest absolute Gasteiger partial charge is 0.230 e. The summed E-state index contributed by atoms with van der Waals surface area (Å²) in [5, 5.41) is 0. The first-order valence-corrected chi connectivity index (χ1v) is 7.57. The lowest BCUT2D eigenvalue weighted by molar-refractivity contribution is -0.123. The summed E-state index contributed by atoms with van der Waals surface area (Å²) in [5.74, 6) is 2.14. The first-order valence-electron chi connectivity index (χ1n) is 7.57. The van der Waals surface area contributed by atoms with Crippen molar-refractivity contribution < 1.29 is 4.79 Å². The van der Waals surface area contributed by atoms with Gasteiger partial charge in [0.2, 0.25) is 5.91 Å². The van der Waals surface area contributed by atoms with E-state index in [9.17, 15) is 4.79 Å². The number of carbonyl (C=O) groups excluding carboxylic acids is 1. The molecule has 3 rings (SSSR count). The van der Waals surface area contributed by atoms with Crippen LogP contribution in [0.4, 0.5) is 5.69 Å². The van der Waals surface area contributed by atoms with Gasteiger partial charge in [-0.25, -0.2) is 0 Å². The predicted molar refractivity (Wildman–Crippen MR) is 78.1 cm³/mol. The highest BCUT2D eigenvalue weighted by atomic mass is 16.2. The van der Waals surface area contributed by atoms with E-state index >= 15 is 0 Å². The van der Waals surface area contributed by atoms with Crippen molar-refractivity contribution in [3.05, 3.63) is 29.8 Å². The van der Waals surface area contributed by atoms with E-state index in [1.54, 1.807) is 0 Å². The Kier molecular flexibility index (Phi) is 3.34. The third-order valence-corrected chi connectivity index (χ3v) is 4.95. The number of aryl methyl sites for hydroxylation is 1. The van der Waals surface area contributed by atoms with E-state index in [1.165, 1.54) is 24.8 Å². The maximum Gasteiger partial charge on any atom is 0.230 e. The highest BCUT2D eigenvalue weighted by Gasteiger charge is 2.44.